The van der Waals surface area contributed by atoms with Crippen LogP contribution in [0.15, 0.2) is 381 Å². The Morgan fingerprint density at radius 2 is 0.500 bits per heavy atom. The zero-order valence-corrected chi connectivity index (χ0v) is 68.0. The van der Waals surface area contributed by atoms with E-state index in [0.29, 0.717) is 0 Å². The minimum Gasteiger partial charge on any atom is -0.399 e. The van der Waals surface area contributed by atoms with Gasteiger partial charge in [0.05, 0.1) is 22.0 Å². The van der Waals surface area contributed by atoms with Gasteiger partial charge in [0, 0.05) is 55.0 Å². The van der Waals surface area contributed by atoms with Gasteiger partial charge in [0.1, 0.15) is 0 Å². The Bertz CT molecular complexity index is 6530. The van der Waals surface area contributed by atoms with Gasteiger partial charge in [-0.1, -0.05) is 341 Å². The lowest BCUT2D eigenvalue weighted by molar-refractivity contribution is 0.00578. The Labute approximate surface area is 690 Å². The number of hydrogen-bond acceptors (Lipinski definition) is 4. The van der Waals surface area contributed by atoms with E-state index in [0.717, 1.165) is 33.9 Å². The van der Waals surface area contributed by atoms with E-state index in [1.165, 1.54) is 155 Å². The first-order valence-corrected chi connectivity index (χ1v) is 41.5. The second-order valence-corrected chi connectivity index (χ2v) is 34.9. The van der Waals surface area contributed by atoms with Crippen molar-refractivity contribution in [1.29, 1.82) is 0 Å². The molecule has 4 nitrogen and oxygen atoms in total. The number of hydrogen-bond donors (Lipinski definition) is 0. The molecule has 0 unspecified atom stereocenters. The zero-order chi connectivity index (χ0) is 78.6. The van der Waals surface area contributed by atoms with Gasteiger partial charge in [-0.15, -0.1) is 0 Å². The van der Waals surface area contributed by atoms with E-state index in [4.69, 9.17) is 9.31 Å². The average molecular weight is 1560 g/mol. The first-order chi connectivity index (χ1) is 56.5. The minimum atomic E-state index is -0.372. The second kappa shape index (κ2) is 26.8. The van der Waals surface area contributed by atoms with E-state index in [1.807, 2.05) is 0 Å². The summed E-state index contributed by atoms with van der Waals surface area (Å²) in [6.45, 7) is 17.7. The van der Waals surface area contributed by atoms with Gasteiger partial charge in [0.2, 0.25) is 0 Å². The molecule has 16 aromatic carbocycles. The van der Waals surface area contributed by atoms with Gasteiger partial charge in [-0.3, -0.25) is 0 Å². The van der Waals surface area contributed by atoms with Crippen molar-refractivity contribution in [3.05, 3.63) is 447 Å². The second-order valence-electron chi connectivity index (χ2n) is 34.0. The number of anilines is 6. The van der Waals surface area contributed by atoms with Crippen molar-refractivity contribution in [2.24, 2.45) is 0 Å². The third-order valence-electron chi connectivity index (χ3n) is 26.8. The monoisotopic (exact) mass is 1560 g/mol. The maximum Gasteiger partial charge on any atom is 0.494 e. The molecule has 116 heavy (non-hydrogen) atoms. The number of benzene rings is 16. The molecule has 1 aliphatic heterocycles. The Balaban J connectivity index is 0.000000116. The highest BCUT2D eigenvalue weighted by atomic mass is 79.9. The van der Waals surface area contributed by atoms with Crippen LogP contribution < -0.4 is 15.3 Å². The van der Waals surface area contributed by atoms with Gasteiger partial charge < -0.3 is 19.1 Å². The van der Waals surface area contributed by atoms with Gasteiger partial charge in [0.25, 0.3) is 0 Å². The molecule has 0 atom stereocenters. The molecule has 0 N–H and O–H groups in total. The number of rotatable bonds is 8. The quantitative estimate of drug-likeness (QED) is 0.142. The van der Waals surface area contributed by atoms with E-state index < -0.39 is 0 Å². The van der Waals surface area contributed by atoms with Crippen LogP contribution in [0, 0.1) is 0 Å². The molecular formula is C110H86BBrN2O2. The fourth-order valence-electron chi connectivity index (χ4n) is 20.7. The summed E-state index contributed by atoms with van der Waals surface area (Å²) in [4.78, 5) is 4.72. The molecule has 2 spiro atoms. The smallest absolute Gasteiger partial charge is 0.399 e. The van der Waals surface area contributed by atoms with Crippen LogP contribution in [0.4, 0.5) is 34.1 Å². The Kier molecular flexibility index (Phi) is 16.5. The topological polar surface area (TPSA) is 24.9 Å². The summed E-state index contributed by atoms with van der Waals surface area (Å²) in [5.41, 5.74) is 41.5. The lowest BCUT2D eigenvalue weighted by Gasteiger charge is -2.32. The standard InChI is InChI=1S/C52H37N.C33H34BNO2.C25H15Br/c1-51(2)44-22-10-6-17-39(44)42-32-31-37(33-49(42)51)53(35-15-4-3-5-16-35)36-29-27-34(28-30-36)38-21-14-26-48-50(38)43-20-9-13-25-47(43)52(48)45-23-11-7-18-40(45)41-19-8-12-24-46(41)52;1-31(2)29-15-11-10-14-27(29)28-21-20-26(22-30(28)31)35(24-12-8-7-9-13-24)25-18-16-23(17-19-25)34-36-32(3,4)33(5,6)37-34;26-23-15-7-14-22-24(23)18-10-3-6-13-21(18)25(22)19-11-4-1-8-16(19)17-9-2-5-12-20(17)25/h3-33H,1-2H3;7-22H,1-6H3;1-15H. The Morgan fingerprint density at radius 1 is 0.224 bits per heavy atom. The van der Waals surface area contributed by atoms with Crippen molar-refractivity contribution in [2.75, 3.05) is 9.80 Å². The SMILES string of the molecule is Brc1cccc2c1-c1ccccc1C21c2ccccc2-c2ccccc21.CC1(C)c2ccccc2-c2ccc(N(c3ccccc3)c3ccc(-c4cccc5c4-c4ccccc4C54c5ccccc5-c5ccccc54)cc3)cc21.CC1(C)c2ccccc2-c2ccc(N(c3ccccc3)c3ccc(B4OC(C)(C)C(C)(C)O4)cc3)cc21. The van der Waals surface area contributed by atoms with Crippen molar-refractivity contribution in [1.82, 2.24) is 0 Å². The molecule has 1 saturated heterocycles. The van der Waals surface area contributed by atoms with Crippen LogP contribution in [0.1, 0.15) is 122 Å². The van der Waals surface area contributed by atoms with Crippen LogP contribution in [0.5, 0.6) is 0 Å². The van der Waals surface area contributed by atoms with Crippen LogP contribution in [0.25, 0.3) is 77.9 Å². The summed E-state index contributed by atoms with van der Waals surface area (Å²) in [5.74, 6) is 0. The third-order valence-corrected chi connectivity index (χ3v) is 27.4. The maximum absolute atomic E-state index is 6.29. The zero-order valence-electron chi connectivity index (χ0n) is 66.5. The van der Waals surface area contributed by atoms with Crippen molar-refractivity contribution >= 4 is 62.6 Å². The predicted molar refractivity (Wildman–Crippen MR) is 485 cm³/mol. The Morgan fingerprint density at radius 3 is 0.905 bits per heavy atom. The highest BCUT2D eigenvalue weighted by Crippen LogP contribution is 2.66. The molecule has 1 fully saturated rings. The summed E-state index contributed by atoms with van der Waals surface area (Å²) in [6.07, 6.45) is 0. The molecule has 0 bridgehead atoms. The molecule has 6 aliphatic carbocycles. The van der Waals surface area contributed by atoms with Crippen molar-refractivity contribution < 1.29 is 9.31 Å². The normalized spacial score (nSPS) is 15.8. The summed E-state index contributed by atoms with van der Waals surface area (Å²) >= 11 is 3.83. The van der Waals surface area contributed by atoms with Gasteiger partial charge in [-0.05, 0) is 251 Å². The molecule has 6 heteroatoms. The summed E-state index contributed by atoms with van der Waals surface area (Å²) in [7, 11) is -0.372. The highest BCUT2D eigenvalue weighted by molar-refractivity contribution is 9.10. The van der Waals surface area contributed by atoms with Crippen LogP contribution in [0.3, 0.4) is 0 Å². The highest BCUT2D eigenvalue weighted by Gasteiger charge is 2.55. The number of fused-ring (bicyclic) bond motifs is 26. The lowest BCUT2D eigenvalue weighted by atomic mass is 9.70. The van der Waals surface area contributed by atoms with Crippen LogP contribution in [0.2, 0.25) is 0 Å². The van der Waals surface area contributed by atoms with E-state index in [2.05, 4.69) is 457 Å². The molecule has 0 amide bonds. The fraction of sp³-hybridized carbons (Fsp3) is 0.127. The lowest BCUT2D eigenvalue weighted by Crippen LogP contribution is -2.41. The number of para-hydroxylation sites is 2. The first-order valence-electron chi connectivity index (χ1n) is 40.7. The summed E-state index contributed by atoms with van der Waals surface area (Å²) in [5, 5.41) is 0. The van der Waals surface area contributed by atoms with Gasteiger partial charge >= 0.3 is 7.12 Å². The average Bonchev–Trinajstić information content (AvgIpc) is 1.51. The molecule has 23 rings (SSSR count). The number of nitrogens with zero attached hydrogens (tertiary/aromatic N) is 2. The largest absolute Gasteiger partial charge is 0.494 e. The summed E-state index contributed by atoms with van der Waals surface area (Å²) in [6, 6.07) is 138. The van der Waals surface area contributed by atoms with Gasteiger partial charge in [0.15, 0.2) is 0 Å². The van der Waals surface area contributed by atoms with E-state index in [9.17, 15) is 0 Å². The molecule has 16 aromatic rings. The Hall–Kier alpha value is -12.4. The van der Waals surface area contributed by atoms with E-state index in [-0.39, 0.29) is 40.0 Å². The van der Waals surface area contributed by atoms with Crippen LogP contribution in [-0.4, -0.2) is 18.3 Å². The number of halogens is 1. The maximum atomic E-state index is 6.29. The molecule has 0 saturated carbocycles. The van der Waals surface area contributed by atoms with Gasteiger partial charge in [-0.25, -0.2) is 0 Å². The fourth-order valence-corrected chi connectivity index (χ4v) is 21.3. The molecule has 0 aromatic heterocycles. The van der Waals surface area contributed by atoms with Crippen molar-refractivity contribution in [2.45, 2.75) is 88.3 Å². The van der Waals surface area contributed by atoms with Crippen molar-refractivity contribution in [3.63, 3.8) is 0 Å². The molecule has 7 aliphatic rings. The summed E-state index contributed by atoms with van der Waals surface area (Å²) < 4.78 is 13.7. The van der Waals surface area contributed by atoms with E-state index in [1.54, 1.807) is 0 Å². The van der Waals surface area contributed by atoms with Crippen molar-refractivity contribution in [3.8, 4) is 77.9 Å². The molecule has 0 radical (unpaired) electrons. The third kappa shape index (κ3) is 10.5. The van der Waals surface area contributed by atoms with E-state index >= 15 is 0 Å². The first kappa shape index (κ1) is 71.4. The van der Waals surface area contributed by atoms with Gasteiger partial charge in [-0.2, -0.15) is 0 Å². The van der Waals surface area contributed by atoms with Crippen LogP contribution in [-0.2, 0) is 31.0 Å². The molecular weight excluding hydrogens is 1470 g/mol. The molecule has 558 valence electrons. The molecule has 1 heterocycles. The van der Waals surface area contributed by atoms with Crippen LogP contribution >= 0.6 is 15.9 Å². The predicted octanol–water partition coefficient (Wildman–Crippen LogP) is 28.0. The minimum absolute atomic E-state index is 0.0507.